The number of carbonyl (C=O) groups excluding carboxylic acids is 3. The number of anilines is 1. The summed E-state index contributed by atoms with van der Waals surface area (Å²) in [4.78, 5) is 36.5. The van der Waals surface area contributed by atoms with Crippen molar-refractivity contribution in [2.24, 2.45) is 0 Å². The van der Waals surface area contributed by atoms with Crippen LogP contribution < -0.4 is 5.32 Å². The molecule has 5 nitrogen and oxygen atoms in total. The van der Waals surface area contributed by atoms with Crippen molar-refractivity contribution in [2.75, 3.05) is 11.9 Å². The molecule has 0 spiro atoms. The summed E-state index contributed by atoms with van der Waals surface area (Å²) in [6, 6.07) is 6.10. The van der Waals surface area contributed by atoms with Gasteiger partial charge in [0.1, 0.15) is 0 Å². The van der Waals surface area contributed by atoms with Crippen molar-refractivity contribution in [1.29, 1.82) is 0 Å². The minimum Gasteiger partial charge on any atom is -0.326 e. The van der Waals surface area contributed by atoms with Gasteiger partial charge in [-0.1, -0.05) is 50.7 Å². The van der Waals surface area contributed by atoms with Crippen molar-refractivity contribution in [3.8, 4) is 0 Å². The van der Waals surface area contributed by atoms with Crippen molar-refractivity contribution in [2.45, 2.75) is 84.5 Å². The first-order valence-corrected chi connectivity index (χ1v) is 10.7. The minimum absolute atomic E-state index is 0.00778. The number of nitrogens with one attached hydrogen (secondary N) is 1. The van der Waals surface area contributed by atoms with Crippen LogP contribution in [0, 0.1) is 13.8 Å². The molecular formula is C23H34N2O3. The standard InChI is InChI=1S/C23H34N2O3/c1-18-12-13-19(2)20(17-18)24-21(26)11-9-7-5-3-4-6-8-10-16-25-22(27)14-15-23(25)28/h12-13,17H,3-11,14-16H2,1-2H3,(H,24,26). The van der Waals surface area contributed by atoms with Crippen LogP contribution in [0.3, 0.4) is 0 Å². The molecule has 1 fully saturated rings. The Kier molecular flexibility index (Phi) is 9.18. The van der Waals surface area contributed by atoms with E-state index in [1.165, 1.54) is 17.7 Å². The zero-order valence-electron chi connectivity index (χ0n) is 17.4. The second-order valence-electron chi connectivity index (χ2n) is 7.88. The van der Waals surface area contributed by atoms with Gasteiger partial charge in [-0.2, -0.15) is 0 Å². The predicted molar refractivity (Wildman–Crippen MR) is 112 cm³/mol. The van der Waals surface area contributed by atoms with Gasteiger partial charge in [0.15, 0.2) is 0 Å². The molecule has 1 aromatic carbocycles. The summed E-state index contributed by atoms with van der Waals surface area (Å²) in [5, 5.41) is 3.01. The van der Waals surface area contributed by atoms with Gasteiger partial charge in [-0.05, 0) is 43.9 Å². The molecule has 0 bridgehead atoms. The lowest BCUT2D eigenvalue weighted by Crippen LogP contribution is -2.29. The van der Waals surface area contributed by atoms with E-state index in [2.05, 4.69) is 11.4 Å². The Bertz CT molecular complexity index is 668. The third-order valence-corrected chi connectivity index (χ3v) is 5.36. The van der Waals surface area contributed by atoms with Crippen LogP contribution in [-0.2, 0) is 14.4 Å². The first-order chi connectivity index (χ1) is 13.5. The van der Waals surface area contributed by atoms with Crippen molar-refractivity contribution >= 4 is 23.4 Å². The summed E-state index contributed by atoms with van der Waals surface area (Å²) in [7, 11) is 0. The van der Waals surface area contributed by atoms with Gasteiger partial charge in [0.05, 0.1) is 0 Å². The predicted octanol–water partition coefficient (Wildman–Crippen LogP) is 4.90. The molecule has 1 N–H and O–H groups in total. The molecule has 0 unspecified atom stereocenters. The smallest absolute Gasteiger partial charge is 0.229 e. The number of rotatable bonds is 12. The van der Waals surface area contributed by atoms with Gasteiger partial charge in [0, 0.05) is 31.5 Å². The van der Waals surface area contributed by atoms with E-state index in [0.29, 0.717) is 25.8 Å². The highest BCUT2D eigenvalue weighted by Gasteiger charge is 2.27. The molecule has 2 rings (SSSR count). The third kappa shape index (κ3) is 7.45. The number of amides is 3. The SMILES string of the molecule is Cc1ccc(C)c(NC(=O)CCCCCCCCCCN2C(=O)CCC2=O)c1. The molecule has 0 atom stereocenters. The largest absolute Gasteiger partial charge is 0.326 e. The van der Waals surface area contributed by atoms with Crippen LogP contribution in [0.4, 0.5) is 5.69 Å². The van der Waals surface area contributed by atoms with Crippen molar-refractivity contribution in [3.63, 3.8) is 0 Å². The molecular weight excluding hydrogens is 352 g/mol. The Hall–Kier alpha value is -2.17. The lowest BCUT2D eigenvalue weighted by Gasteiger charge is -2.13. The van der Waals surface area contributed by atoms with Gasteiger partial charge in [0.25, 0.3) is 0 Å². The number of hydrogen-bond acceptors (Lipinski definition) is 3. The van der Waals surface area contributed by atoms with Crippen molar-refractivity contribution in [3.05, 3.63) is 29.3 Å². The molecule has 28 heavy (non-hydrogen) atoms. The Morgan fingerprint density at radius 3 is 2.11 bits per heavy atom. The topological polar surface area (TPSA) is 66.5 Å². The van der Waals surface area contributed by atoms with Crippen LogP contribution in [0.5, 0.6) is 0 Å². The normalized spacial score (nSPS) is 14.0. The molecule has 1 saturated heterocycles. The summed E-state index contributed by atoms with van der Waals surface area (Å²) in [6.45, 7) is 4.63. The molecule has 1 heterocycles. The second-order valence-corrected chi connectivity index (χ2v) is 7.88. The number of unbranched alkanes of at least 4 members (excludes halogenated alkanes) is 7. The quantitative estimate of drug-likeness (QED) is 0.410. The third-order valence-electron chi connectivity index (χ3n) is 5.36. The molecule has 1 aromatic rings. The van der Waals surface area contributed by atoms with Crippen molar-refractivity contribution < 1.29 is 14.4 Å². The summed E-state index contributed by atoms with van der Waals surface area (Å²) in [6.07, 6.45) is 9.99. The summed E-state index contributed by atoms with van der Waals surface area (Å²) < 4.78 is 0. The minimum atomic E-state index is -0.00778. The lowest BCUT2D eigenvalue weighted by molar-refractivity contribution is -0.138. The number of likely N-dealkylation sites (tertiary alicyclic amines) is 1. The van der Waals surface area contributed by atoms with Crippen molar-refractivity contribution in [1.82, 2.24) is 4.90 Å². The maximum Gasteiger partial charge on any atom is 0.229 e. The summed E-state index contributed by atoms with van der Waals surface area (Å²) in [5.41, 5.74) is 3.17. The van der Waals surface area contributed by atoms with Gasteiger partial charge in [-0.3, -0.25) is 19.3 Å². The number of imide groups is 1. The monoisotopic (exact) mass is 386 g/mol. The van der Waals surface area contributed by atoms with Crippen LogP contribution in [0.25, 0.3) is 0 Å². The zero-order chi connectivity index (χ0) is 20.4. The molecule has 154 valence electrons. The Labute approximate surface area is 168 Å². The van der Waals surface area contributed by atoms with Gasteiger partial charge in [-0.25, -0.2) is 0 Å². The first kappa shape index (κ1) is 22.1. The number of carbonyl (C=O) groups is 3. The molecule has 5 heteroatoms. The maximum absolute atomic E-state index is 12.1. The number of nitrogens with zero attached hydrogens (tertiary/aromatic N) is 1. The van der Waals surface area contributed by atoms with E-state index in [1.807, 2.05) is 26.0 Å². The number of hydrogen-bond donors (Lipinski definition) is 1. The highest BCUT2D eigenvalue weighted by Crippen LogP contribution is 2.17. The number of aryl methyl sites for hydroxylation is 2. The van der Waals surface area contributed by atoms with Crippen LogP contribution in [0.15, 0.2) is 18.2 Å². The van der Waals surface area contributed by atoms with Gasteiger partial charge < -0.3 is 5.32 Å². The lowest BCUT2D eigenvalue weighted by atomic mass is 10.1. The van der Waals surface area contributed by atoms with E-state index in [9.17, 15) is 14.4 Å². The average molecular weight is 387 g/mol. The van der Waals surface area contributed by atoms with E-state index in [-0.39, 0.29) is 17.7 Å². The Morgan fingerprint density at radius 2 is 1.46 bits per heavy atom. The highest BCUT2D eigenvalue weighted by molar-refractivity contribution is 6.01. The second kappa shape index (κ2) is 11.6. The molecule has 0 aromatic heterocycles. The van der Waals surface area contributed by atoms with Crippen LogP contribution >= 0.6 is 0 Å². The van der Waals surface area contributed by atoms with E-state index in [1.54, 1.807) is 0 Å². The van der Waals surface area contributed by atoms with Gasteiger partial charge in [0.2, 0.25) is 17.7 Å². The van der Waals surface area contributed by atoms with E-state index in [0.717, 1.165) is 55.3 Å². The zero-order valence-corrected chi connectivity index (χ0v) is 17.4. The summed E-state index contributed by atoms with van der Waals surface area (Å²) >= 11 is 0. The molecule has 1 aliphatic rings. The fourth-order valence-electron chi connectivity index (χ4n) is 3.57. The van der Waals surface area contributed by atoms with Crippen LogP contribution in [0.2, 0.25) is 0 Å². The average Bonchev–Trinajstić information content (AvgIpc) is 2.98. The summed E-state index contributed by atoms with van der Waals surface area (Å²) in [5.74, 6) is 0.0814. The van der Waals surface area contributed by atoms with E-state index in [4.69, 9.17) is 0 Å². The van der Waals surface area contributed by atoms with Gasteiger partial charge >= 0.3 is 0 Å². The molecule has 0 saturated carbocycles. The molecule has 0 radical (unpaired) electrons. The Balaban J connectivity index is 1.44. The molecule has 3 amide bonds. The highest BCUT2D eigenvalue weighted by atomic mass is 16.2. The Morgan fingerprint density at radius 1 is 0.893 bits per heavy atom. The van der Waals surface area contributed by atoms with Gasteiger partial charge in [-0.15, -0.1) is 0 Å². The maximum atomic E-state index is 12.1. The number of benzene rings is 1. The molecule has 1 aliphatic heterocycles. The van der Waals surface area contributed by atoms with Crippen LogP contribution in [0.1, 0.15) is 81.8 Å². The molecule has 0 aliphatic carbocycles. The van der Waals surface area contributed by atoms with Crippen LogP contribution in [-0.4, -0.2) is 29.2 Å². The fraction of sp³-hybridized carbons (Fsp3) is 0.609. The van der Waals surface area contributed by atoms with E-state index < -0.39 is 0 Å². The van der Waals surface area contributed by atoms with E-state index >= 15 is 0 Å². The first-order valence-electron chi connectivity index (χ1n) is 10.7. The fourth-order valence-corrected chi connectivity index (χ4v) is 3.57.